The van der Waals surface area contributed by atoms with E-state index in [1.165, 1.54) is 0 Å². The van der Waals surface area contributed by atoms with Crippen LogP contribution in [0.5, 0.6) is 11.5 Å². The Balaban J connectivity index is 0.000000284. The Labute approximate surface area is 127 Å². The first-order chi connectivity index (χ1) is 7.61. The molecular formula is C14H14O2Y-2. The van der Waals surface area contributed by atoms with Gasteiger partial charge in [0.05, 0.1) is 0 Å². The minimum atomic E-state index is 0. The molecule has 0 aliphatic carbocycles. The maximum absolute atomic E-state index is 8.90. The molecule has 2 aromatic rings. The number of aromatic hydroxyl groups is 2. The van der Waals surface area contributed by atoms with Crippen molar-refractivity contribution in [1.82, 2.24) is 0 Å². The van der Waals surface area contributed by atoms with Gasteiger partial charge in [0.15, 0.2) is 0 Å². The second kappa shape index (κ2) is 8.27. The number of benzene rings is 2. The Hall–Kier alpha value is -0.856. The zero-order valence-corrected chi connectivity index (χ0v) is 12.8. The van der Waals surface area contributed by atoms with E-state index in [2.05, 4.69) is 12.1 Å². The Morgan fingerprint density at radius 3 is 1.35 bits per heavy atom. The van der Waals surface area contributed by atoms with Crippen LogP contribution in [-0.4, -0.2) is 10.2 Å². The normalized spacial score (nSPS) is 8.59. The molecule has 2 rings (SSSR count). The fourth-order valence-electron chi connectivity index (χ4n) is 1.01. The molecule has 0 saturated heterocycles. The summed E-state index contributed by atoms with van der Waals surface area (Å²) in [5, 5.41) is 17.8. The Kier molecular flexibility index (Phi) is 7.85. The Morgan fingerprint density at radius 2 is 1.18 bits per heavy atom. The number of hydrogen-bond donors (Lipinski definition) is 2. The van der Waals surface area contributed by atoms with Crippen molar-refractivity contribution in [3.8, 4) is 11.5 Å². The van der Waals surface area contributed by atoms with Crippen molar-refractivity contribution in [1.29, 1.82) is 0 Å². The van der Waals surface area contributed by atoms with E-state index >= 15 is 0 Å². The molecule has 0 bridgehead atoms. The number of phenolic OH excluding ortho intramolecular Hbond substituents is 2. The van der Waals surface area contributed by atoms with Crippen LogP contribution in [0.1, 0.15) is 11.1 Å². The summed E-state index contributed by atoms with van der Waals surface area (Å²) in [7, 11) is 0. The van der Waals surface area contributed by atoms with Crippen LogP contribution < -0.4 is 0 Å². The summed E-state index contributed by atoms with van der Waals surface area (Å²) in [6, 6.07) is 15.8. The van der Waals surface area contributed by atoms with Gasteiger partial charge in [-0.3, -0.25) is 0 Å². The third-order valence-corrected chi connectivity index (χ3v) is 2.08. The topological polar surface area (TPSA) is 40.5 Å². The SMILES string of the molecule is Cc1c[c-]ccc1O.Cc1c[c-]ccc1O.[Y]. The molecule has 0 unspecified atom stereocenters. The van der Waals surface area contributed by atoms with Crippen LogP contribution in [0.2, 0.25) is 0 Å². The van der Waals surface area contributed by atoms with Gasteiger partial charge < -0.3 is 10.2 Å². The van der Waals surface area contributed by atoms with Gasteiger partial charge in [0.25, 0.3) is 0 Å². The molecular weight excluding hydrogens is 289 g/mol. The van der Waals surface area contributed by atoms with Gasteiger partial charge in [0.2, 0.25) is 0 Å². The first kappa shape index (κ1) is 16.1. The van der Waals surface area contributed by atoms with Gasteiger partial charge in [0.1, 0.15) is 0 Å². The maximum atomic E-state index is 8.90. The minimum Gasteiger partial charge on any atom is -0.533 e. The van der Waals surface area contributed by atoms with E-state index in [1.54, 1.807) is 36.4 Å². The largest absolute Gasteiger partial charge is 0.533 e. The summed E-state index contributed by atoms with van der Waals surface area (Å²) in [5.74, 6) is 0.674. The number of hydrogen-bond acceptors (Lipinski definition) is 2. The summed E-state index contributed by atoms with van der Waals surface area (Å²) >= 11 is 0. The fraction of sp³-hybridized carbons (Fsp3) is 0.143. The van der Waals surface area contributed by atoms with Gasteiger partial charge in [-0.05, 0) is 0 Å². The first-order valence-corrected chi connectivity index (χ1v) is 4.92. The van der Waals surface area contributed by atoms with Crippen LogP contribution in [0.4, 0.5) is 0 Å². The molecule has 2 aromatic carbocycles. The second-order valence-electron chi connectivity index (χ2n) is 3.43. The van der Waals surface area contributed by atoms with Gasteiger partial charge >= 0.3 is 0 Å². The molecule has 3 heteroatoms. The zero-order valence-electron chi connectivity index (χ0n) is 9.94. The van der Waals surface area contributed by atoms with E-state index in [1.807, 2.05) is 13.8 Å². The smallest absolute Gasteiger partial charge is 0.0111 e. The van der Waals surface area contributed by atoms with E-state index in [0.29, 0.717) is 11.5 Å². The average Bonchev–Trinajstić information content (AvgIpc) is 2.28. The summed E-state index contributed by atoms with van der Waals surface area (Å²) in [6.45, 7) is 3.68. The standard InChI is InChI=1S/2C7H7O.Y/c2*1-6-4-2-3-5-7(6)8;/h2*3-5,8H,1H3;/q2*-1;. The molecule has 0 heterocycles. The monoisotopic (exact) mass is 303 g/mol. The van der Waals surface area contributed by atoms with Gasteiger partial charge in [-0.2, -0.15) is 36.4 Å². The quantitative estimate of drug-likeness (QED) is 0.735. The van der Waals surface area contributed by atoms with Crippen molar-refractivity contribution in [3.63, 3.8) is 0 Å². The number of phenols is 2. The first-order valence-electron chi connectivity index (χ1n) is 4.92. The van der Waals surface area contributed by atoms with Crippen molar-refractivity contribution >= 4 is 0 Å². The zero-order chi connectivity index (χ0) is 12.0. The van der Waals surface area contributed by atoms with E-state index < -0.39 is 0 Å². The predicted molar refractivity (Wildman–Crippen MR) is 63.4 cm³/mol. The Bertz CT molecular complexity index is 370. The predicted octanol–water partition coefficient (Wildman–Crippen LogP) is 3.00. The molecule has 2 N–H and O–H groups in total. The molecule has 0 saturated carbocycles. The third-order valence-electron chi connectivity index (χ3n) is 2.08. The number of aryl methyl sites for hydroxylation is 2. The summed E-state index contributed by atoms with van der Waals surface area (Å²) in [6.07, 6.45) is 0. The number of rotatable bonds is 0. The van der Waals surface area contributed by atoms with Crippen molar-refractivity contribution < 1.29 is 42.9 Å². The van der Waals surface area contributed by atoms with Crippen LogP contribution in [-0.2, 0) is 32.7 Å². The van der Waals surface area contributed by atoms with E-state index in [0.717, 1.165) is 11.1 Å². The van der Waals surface area contributed by atoms with Crippen LogP contribution in [0.3, 0.4) is 0 Å². The van der Waals surface area contributed by atoms with Gasteiger partial charge in [-0.1, -0.05) is 13.8 Å². The van der Waals surface area contributed by atoms with Crippen molar-refractivity contribution in [2.75, 3.05) is 0 Å². The molecule has 2 nitrogen and oxygen atoms in total. The molecule has 0 fully saturated rings. The molecule has 0 aliphatic rings. The molecule has 0 aliphatic heterocycles. The van der Waals surface area contributed by atoms with E-state index in [4.69, 9.17) is 10.2 Å². The van der Waals surface area contributed by atoms with Crippen LogP contribution >= 0.6 is 0 Å². The minimum absolute atomic E-state index is 0. The van der Waals surface area contributed by atoms with Gasteiger partial charge in [-0.15, -0.1) is 23.3 Å². The van der Waals surface area contributed by atoms with Crippen LogP contribution in [0.15, 0.2) is 36.4 Å². The van der Waals surface area contributed by atoms with Crippen LogP contribution in [0.25, 0.3) is 0 Å². The van der Waals surface area contributed by atoms with Gasteiger partial charge in [0, 0.05) is 44.2 Å². The molecule has 0 atom stereocenters. The molecule has 17 heavy (non-hydrogen) atoms. The molecule has 0 amide bonds. The van der Waals surface area contributed by atoms with Crippen molar-refractivity contribution in [2.45, 2.75) is 13.8 Å². The fourth-order valence-corrected chi connectivity index (χ4v) is 1.01. The van der Waals surface area contributed by atoms with E-state index in [9.17, 15) is 0 Å². The summed E-state index contributed by atoms with van der Waals surface area (Å²) in [5.41, 5.74) is 1.74. The second-order valence-corrected chi connectivity index (χ2v) is 3.43. The van der Waals surface area contributed by atoms with Crippen molar-refractivity contribution in [3.05, 3.63) is 59.7 Å². The molecule has 87 valence electrons. The summed E-state index contributed by atoms with van der Waals surface area (Å²) < 4.78 is 0. The Morgan fingerprint density at radius 1 is 0.824 bits per heavy atom. The van der Waals surface area contributed by atoms with Gasteiger partial charge in [-0.25, -0.2) is 0 Å². The van der Waals surface area contributed by atoms with Crippen LogP contribution in [0, 0.1) is 26.0 Å². The average molecular weight is 303 g/mol. The molecule has 1 radical (unpaired) electrons. The van der Waals surface area contributed by atoms with Crippen molar-refractivity contribution in [2.24, 2.45) is 0 Å². The third kappa shape index (κ3) is 5.85. The molecule has 0 aromatic heterocycles. The maximum Gasteiger partial charge on any atom is 0.0111 e. The summed E-state index contributed by atoms with van der Waals surface area (Å²) in [4.78, 5) is 0. The van der Waals surface area contributed by atoms with E-state index in [-0.39, 0.29) is 32.7 Å². The molecule has 0 spiro atoms.